The highest BCUT2D eigenvalue weighted by Gasteiger charge is 2.17. The van der Waals surface area contributed by atoms with Gasteiger partial charge in [0.1, 0.15) is 5.65 Å². The number of hydrogen-bond acceptors (Lipinski definition) is 6. The Kier molecular flexibility index (Phi) is 5.06. The van der Waals surface area contributed by atoms with Crippen LogP contribution in [-0.4, -0.2) is 33.0 Å². The molecule has 0 aliphatic heterocycles. The molecule has 5 aromatic rings. The van der Waals surface area contributed by atoms with Crippen molar-refractivity contribution in [1.29, 1.82) is 0 Å². The number of nitrogens with zero attached hydrogens (tertiary/aromatic N) is 4. The minimum absolute atomic E-state index is 0.141. The van der Waals surface area contributed by atoms with Crippen LogP contribution < -0.4 is 10.0 Å². The first kappa shape index (κ1) is 20.7. The van der Waals surface area contributed by atoms with Crippen LogP contribution in [-0.2, 0) is 10.0 Å². The van der Waals surface area contributed by atoms with Gasteiger partial charge in [0.25, 0.3) is 10.0 Å². The Labute approximate surface area is 190 Å². The largest absolute Gasteiger partial charge is 0.308 e. The Morgan fingerprint density at radius 1 is 0.939 bits per heavy atom. The third-order valence-corrected chi connectivity index (χ3v) is 6.36. The Bertz CT molecular complexity index is 1560. The number of nitrogens with one attached hydrogen (secondary N) is 3. The predicted octanol–water partition coefficient (Wildman–Crippen LogP) is 4.28. The van der Waals surface area contributed by atoms with Gasteiger partial charge in [-0.2, -0.15) is 5.10 Å². The SMILES string of the molecule is Cc1cn2c(Nc3cc(C)[nH]n3)nc(-c3cccc(S(=O)(=O)Nc4ccccc4)c3)cc2n1. The van der Waals surface area contributed by atoms with Crippen molar-refractivity contribution < 1.29 is 8.42 Å². The summed E-state index contributed by atoms with van der Waals surface area (Å²) in [5.41, 5.74) is 4.16. The molecule has 5 rings (SSSR count). The molecule has 0 amide bonds. The molecular formula is C23H21N7O2S. The van der Waals surface area contributed by atoms with Gasteiger partial charge in [0.15, 0.2) is 5.82 Å². The van der Waals surface area contributed by atoms with Gasteiger partial charge in [-0.25, -0.2) is 18.4 Å². The zero-order valence-electron chi connectivity index (χ0n) is 17.9. The number of hydrogen-bond donors (Lipinski definition) is 3. The van der Waals surface area contributed by atoms with Crippen LogP contribution in [0.5, 0.6) is 0 Å². The fraction of sp³-hybridized carbons (Fsp3) is 0.0870. The van der Waals surface area contributed by atoms with Crippen molar-refractivity contribution in [1.82, 2.24) is 24.6 Å². The van der Waals surface area contributed by atoms with E-state index < -0.39 is 10.0 Å². The van der Waals surface area contributed by atoms with E-state index in [2.05, 4.69) is 25.2 Å². The van der Waals surface area contributed by atoms with Crippen LogP contribution in [0.25, 0.3) is 16.9 Å². The topological polar surface area (TPSA) is 117 Å². The molecule has 3 aromatic heterocycles. The average molecular weight is 460 g/mol. The van der Waals surface area contributed by atoms with Crippen LogP contribution in [0.15, 0.2) is 77.8 Å². The summed E-state index contributed by atoms with van der Waals surface area (Å²) in [4.78, 5) is 9.44. The second-order valence-corrected chi connectivity index (χ2v) is 9.32. The number of fused-ring (bicyclic) bond motifs is 1. The highest BCUT2D eigenvalue weighted by atomic mass is 32.2. The van der Waals surface area contributed by atoms with Crippen LogP contribution >= 0.6 is 0 Å². The second-order valence-electron chi connectivity index (χ2n) is 7.64. The first-order valence-electron chi connectivity index (χ1n) is 10.2. The van der Waals surface area contributed by atoms with Crippen molar-refractivity contribution in [2.75, 3.05) is 10.0 Å². The van der Waals surface area contributed by atoms with Gasteiger partial charge in [-0.3, -0.25) is 14.2 Å². The minimum atomic E-state index is -3.77. The second kappa shape index (κ2) is 8.06. The number of imidazole rings is 1. The molecule has 166 valence electrons. The maximum Gasteiger partial charge on any atom is 0.261 e. The van der Waals surface area contributed by atoms with Crippen LogP contribution in [0.4, 0.5) is 17.5 Å². The van der Waals surface area contributed by atoms with Crippen molar-refractivity contribution in [2.24, 2.45) is 0 Å². The zero-order chi connectivity index (χ0) is 23.0. The van der Waals surface area contributed by atoms with Gasteiger partial charge in [0, 0.05) is 35.3 Å². The Morgan fingerprint density at radius 2 is 1.76 bits per heavy atom. The molecule has 3 N–H and O–H groups in total. The third-order valence-electron chi connectivity index (χ3n) is 4.99. The Hall–Kier alpha value is -4.18. The van der Waals surface area contributed by atoms with Crippen molar-refractivity contribution in [3.8, 4) is 11.3 Å². The summed E-state index contributed by atoms with van der Waals surface area (Å²) in [5, 5.41) is 10.3. The molecule has 0 saturated carbocycles. The van der Waals surface area contributed by atoms with E-state index in [-0.39, 0.29) is 4.90 Å². The van der Waals surface area contributed by atoms with Gasteiger partial charge < -0.3 is 5.32 Å². The van der Waals surface area contributed by atoms with Crippen LogP contribution in [0.1, 0.15) is 11.4 Å². The molecule has 9 nitrogen and oxygen atoms in total. The van der Waals surface area contributed by atoms with E-state index >= 15 is 0 Å². The standard InChI is InChI=1S/C23H21N7O2S/c1-15-11-21(28-27-15)26-23-25-20(13-22-24-16(2)14-30(22)23)17-7-6-10-19(12-17)33(31,32)29-18-8-4-3-5-9-18/h3-14,29H,1-2H3,(H2,25,26,27,28). The number of rotatable bonds is 6. The lowest BCUT2D eigenvalue weighted by Crippen LogP contribution is -2.13. The fourth-order valence-electron chi connectivity index (χ4n) is 3.49. The summed E-state index contributed by atoms with van der Waals surface area (Å²) in [6.45, 7) is 3.81. The average Bonchev–Trinajstić information content (AvgIpc) is 3.38. The molecular weight excluding hydrogens is 438 g/mol. The number of aromatic amines is 1. The van der Waals surface area contributed by atoms with E-state index in [9.17, 15) is 8.42 Å². The fourth-order valence-corrected chi connectivity index (χ4v) is 4.59. The summed E-state index contributed by atoms with van der Waals surface area (Å²) in [5.74, 6) is 1.14. The van der Waals surface area contributed by atoms with Gasteiger partial charge in [0.2, 0.25) is 5.95 Å². The molecule has 0 atom stereocenters. The predicted molar refractivity (Wildman–Crippen MR) is 127 cm³/mol. The van der Waals surface area contributed by atoms with E-state index in [4.69, 9.17) is 4.98 Å². The van der Waals surface area contributed by atoms with Crippen LogP contribution in [0.2, 0.25) is 0 Å². The number of aryl methyl sites for hydroxylation is 2. The van der Waals surface area contributed by atoms with E-state index in [0.29, 0.717) is 34.4 Å². The van der Waals surface area contributed by atoms with Gasteiger partial charge in [-0.05, 0) is 38.1 Å². The number of sulfonamides is 1. The van der Waals surface area contributed by atoms with Gasteiger partial charge in [0.05, 0.1) is 16.3 Å². The van der Waals surface area contributed by atoms with E-state index in [1.54, 1.807) is 42.5 Å². The summed E-state index contributed by atoms with van der Waals surface area (Å²) in [6, 6.07) is 19.1. The number of aromatic nitrogens is 5. The molecule has 0 bridgehead atoms. The lowest BCUT2D eigenvalue weighted by atomic mass is 10.1. The summed E-state index contributed by atoms with van der Waals surface area (Å²) >= 11 is 0. The molecule has 2 aromatic carbocycles. The lowest BCUT2D eigenvalue weighted by Gasteiger charge is -2.11. The number of anilines is 3. The molecule has 3 heterocycles. The third kappa shape index (κ3) is 4.28. The van der Waals surface area contributed by atoms with Crippen molar-refractivity contribution >= 4 is 33.1 Å². The molecule has 0 aliphatic carbocycles. The zero-order valence-corrected chi connectivity index (χ0v) is 18.8. The molecule has 0 fully saturated rings. The Morgan fingerprint density at radius 3 is 2.52 bits per heavy atom. The summed E-state index contributed by atoms with van der Waals surface area (Å²) < 4.78 is 30.3. The first-order chi connectivity index (χ1) is 15.9. The molecule has 0 saturated heterocycles. The molecule has 0 unspecified atom stereocenters. The van der Waals surface area contributed by atoms with Crippen LogP contribution in [0.3, 0.4) is 0 Å². The highest BCUT2D eigenvalue weighted by molar-refractivity contribution is 7.92. The molecule has 0 radical (unpaired) electrons. The molecule has 0 aliphatic rings. The molecule has 33 heavy (non-hydrogen) atoms. The van der Waals surface area contributed by atoms with Crippen molar-refractivity contribution in [3.05, 3.63) is 84.3 Å². The first-order valence-corrected chi connectivity index (χ1v) is 11.7. The smallest absolute Gasteiger partial charge is 0.261 e. The number of benzene rings is 2. The maximum absolute atomic E-state index is 12.9. The quantitative estimate of drug-likeness (QED) is 0.349. The Balaban J connectivity index is 1.55. The van der Waals surface area contributed by atoms with Gasteiger partial charge in [-0.1, -0.05) is 30.3 Å². The number of H-pyrrole nitrogens is 1. The lowest BCUT2D eigenvalue weighted by molar-refractivity contribution is 0.601. The maximum atomic E-state index is 12.9. The van der Waals surface area contributed by atoms with Gasteiger partial charge in [-0.15, -0.1) is 0 Å². The molecule has 10 heteroatoms. The summed E-state index contributed by atoms with van der Waals surface area (Å²) in [7, 11) is -3.77. The van der Waals surface area contributed by atoms with Crippen molar-refractivity contribution in [3.63, 3.8) is 0 Å². The van der Waals surface area contributed by atoms with Gasteiger partial charge >= 0.3 is 0 Å². The molecule has 0 spiro atoms. The van der Waals surface area contributed by atoms with E-state index in [1.165, 1.54) is 0 Å². The minimum Gasteiger partial charge on any atom is -0.308 e. The number of para-hydroxylation sites is 1. The van der Waals surface area contributed by atoms with E-state index in [1.807, 2.05) is 48.7 Å². The highest BCUT2D eigenvalue weighted by Crippen LogP contribution is 2.26. The summed E-state index contributed by atoms with van der Waals surface area (Å²) in [6.07, 6.45) is 1.87. The monoisotopic (exact) mass is 459 g/mol. The van der Waals surface area contributed by atoms with Crippen LogP contribution in [0, 0.1) is 13.8 Å². The van der Waals surface area contributed by atoms with E-state index in [0.717, 1.165) is 11.4 Å². The van der Waals surface area contributed by atoms with Crippen molar-refractivity contribution in [2.45, 2.75) is 18.7 Å². The normalized spacial score (nSPS) is 11.6.